The summed E-state index contributed by atoms with van der Waals surface area (Å²) in [6.07, 6.45) is 3.37. The molecule has 26 heavy (non-hydrogen) atoms. The van der Waals surface area contributed by atoms with E-state index in [4.69, 9.17) is 4.74 Å². The molecule has 1 aliphatic rings. The zero-order chi connectivity index (χ0) is 18.7. The highest BCUT2D eigenvalue weighted by Crippen LogP contribution is 2.40. The molecule has 0 radical (unpaired) electrons. The summed E-state index contributed by atoms with van der Waals surface area (Å²) in [7, 11) is 0. The molecule has 1 fully saturated rings. The third-order valence-corrected chi connectivity index (χ3v) is 4.60. The predicted molar refractivity (Wildman–Crippen MR) is 86.7 cm³/mol. The van der Waals surface area contributed by atoms with E-state index >= 15 is 0 Å². The van der Waals surface area contributed by atoms with Gasteiger partial charge in [0.15, 0.2) is 0 Å². The molecular weight excluding hydrogens is 351 g/mol. The van der Waals surface area contributed by atoms with Crippen molar-refractivity contribution in [1.82, 2.24) is 9.55 Å². The highest BCUT2D eigenvalue weighted by atomic mass is 19.4. The van der Waals surface area contributed by atoms with Crippen molar-refractivity contribution in [2.75, 3.05) is 0 Å². The van der Waals surface area contributed by atoms with Gasteiger partial charge in [-0.1, -0.05) is 6.42 Å². The standard InChI is InChI=1S/C17H18F3N3O3/c18-17(19,20)14-9-13(23(24)25)5-6-16(14)26-15-4-2-1-3-12(15)10-22-8-7-21-11-22/h5-9,11-12,15H,1-4,10H2/t12-,15+/m1/s1. The summed E-state index contributed by atoms with van der Waals surface area (Å²) in [6.45, 7) is 0.610. The van der Waals surface area contributed by atoms with Gasteiger partial charge in [0.2, 0.25) is 0 Å². The fourth-order valence-corrected chi connectivity index (χ4v) is 3.32. The molecule has 0 bridgehead atoms. The zero-order valence-electron chi connectivity index (χ0n) is 13.9. The highest BCUT2D eigenvalue weighted by molar-refractivity contribution is 5.45. The van der Waals surface area contributed by atoms with E-state index in [0.717, 1.165) is 31.4 Å². The molecule has 1 aliphatic carbocycles. The molecule has 0 spiro atoms. The Labute approximate surface area is 147 Å². The third-order valence-electron chi connectivity index (χ3n) is 4.60. The smallest absolute Gasteiger partial charge is 0.420 e. The van der Waals surface area contributed by atoms with Gasteiger partial charge in [-0.15, -0.1) is 0 Å². The van der Waals surface area contributed by atoms with E-state index in [-0.39, 0.29) is 17.8 Å². The molecular formula is C17H18F3N3O3. The zero-order valence-corrected chi connectivity index (χ0v) is 13.9. The number of rotatable bonds is 5. The molecule has 0 N–H and O–H groups in total. The predicted octanol–water partition coefficient (Wildman–Crippen LogP) is 4.45. The van der Waals surface area contributed by atoms with Crippen LogP contribution in [0.1, 0.15) is 31.2 Å². The van der Waals surface area contributed by atoms with Crippen molar-refractivity contribution in [3.63, 3.8) is 0 Å². The molecule has 2 aromatic rings. The number of alkyl halides is 3. The van der Waals surface area contributed by atoms with Crippen LogP contribution >= 0.6 is 0 Å². The van der Waals surface area contributed by atoms with Crippen molar-refractivity contribution in [3.8, 4) is 5.75 Å². The number of nitro benzene ring substituents is 1. The van der Waals surface area contributed by atoms with Crippen molar-refractivity contribution in [3.05, 3.63) is 52.6 Å². The number of ether oxygens (including phenoxy) is 1. The second-order valence-corrected chi connectivity index (χ2v) is 6.40. The lowest BCUT2D eigenvalue weighted by Crippen LogP contribution is -2.33. The molecule has 0 amide bonds. The number of non-ortho nitro benzene ring substituents is 1. The van der Waals surface area contributed by atoms with Crippen LogP contribution in [-0.2, 0) is 12.7 Å². The number of halogens is 3. The van der Waals surface area contributed by atoms with Crippen molar-refractivity contribution >= 4 is 5.69 Å². The summed E-state index contributed by atoms with van der Waals surface area (Å²) in [5, 5.41) is 10.8. The number of nitro groups is 1. The Kier molecular flexibility index (Phi) is 5.15. The molecule has 0 unspecified atom stereocenters. The van der Waals surface area contributed by atoms with Crippen molar-refractivity contribution in [2.24, 2.45) is 5.92 Å². The normalized spacial score (nSPS) is 20.7. The first-order valence-electron chi connectivity index (χ1n) is 8.32. The average molecular weight is 369 g/mol. The topological polar surface area (TPSA) is 70.2 Å². The van der Waals surface area contributed by atoms with Gasteiger partial charge in [-0.25, -0.2) is 4.98 Å². The van der Waals surface area contributed by atoms with Crippen molar-refractivity contribution in [1.29, 1.82) is 0 Å². The average Bonchev–Trinajstić information content (AvgIpc) is 3.09. The van der Waals surface area contributed by atoms with Crippen LogP contribution < -0.4 is 4.74 Å². The largest absolute Gasteiger partial charge is 0.489 e. The van der Waals surface area contributed by atoms with Gasteiger partial charge in [-0.3, -0.25) is 10.1 Å². The quantitative estimate of drug-likeness (QED) is 0.577. The molecule has 2 atom stereocenters. The Balaban J connectivity index is 1.84. The second kappa shape index (κ2) is 7.35. The summed E-state index contributed by atoms with van der Waals surface area (Å²) < 4.78 is 47.6. The Hall–Kier alpha value is -2.58. The van der Waals surface area contributed by atoms with Crippen LogP contribution in [0.15, 0.2) is 36.9 Å². The van der Waals surface area contributed by atoms with E-state index < -0.39 is 22.4 Å². The molecule has 0 aliphatic heterocycles. The van der Waals surface area contributed by atoms with Crippen LogP contribution in [0.25, 0.3) is 0 Å². The Morgan fingerprint density at radius 3 is 2.73 bits per heavy atom. The van der Waals surface area contributed by atoms with E-state index in [9.17, 15) is 23.3 Å². The van der Waals surface area contributed by atoms with Gasteiger partial charge >= 0.3 is 6.18 Å². The maximum atomic E-state index is 13.3. The van der Waals surface area contributed by atoms with Gasteiger partial charge in [0.25, 0.3) is 5.69 Å². The lowest BCUT2D eigenvalue weighted by Gasteiger charge is -2.32. The molecule has 6 nitrogen and oxygen atoms in total. The van der Waals surface area contributed by atoms with E-state index in [1.165, 1.54) is 0 Å². The molecule has 1 saturated carbocycles. The number of nitrogens with zero attached hydrogens (tertiary/aromatic N) is 3. The minimum atomic E-state index is -4.73. The summed E-state index contributed by atoms with van der Waals surface area (Å²) in [5.74, 6) is -0.306. The number of benzene rings is 1. The molecule has 9 heteroatoms. The Morgan fingerprint density at radius 2 is 2.08 bits per heavy atom. The maximum absolute atomic E-state index is 13.3. The van der Waals surface area contributed by atoms with Crippen LogP contribution in [0.2, 0.25) is 0 Å². The van der Waals surface area contributed by atoms with E-state index in [1.807, 2.05) is 4.57 Å². The van der Waals surface area contributed by atoms with Gasteiger partial charge in [0.05, 0.1) is 11.3 Å². The second-order valence-electron chi connectivity index (χ2n) is 6.40. The van der Waals surface area contributed by atoms with Crippen LogP contribution in [-0.4, -0.2) is 20.6 Å². The molecule has 1 heterocycles. The number of hydrogen-bond acceptors (Lipinski definition) is 4. The van der Waals surface area contributed by atoms with Gasteiger partial charge in [0, 0.05) is 37.0 Å². The van der Waals surface area contributed by atoms with Gasteiger partial charge in [-0.05, 0) is 25.3 Å². The van der Waals surface area contributed by atoms with Gasteiger partial charge in [0.1, 0.15) is 17.4 Å². The van der Waals surface area contributed by atoms with Gasteiger partial charge < -0.3 is 9.30 Å². The molecule has 3 rings (SSSR count). The minimum absolute atomic E-state index is 0.0502. The first-order chi connectivity index (χ1) is 12.3. The summed E-state index contributed by atoms with van der Waals surface area (Å²) >= 11 is 0. The first kappa shape index (κ1) is 18.2. The van der Waals surface area contributed by atoms with Crippen LogP contribution in [0, 0.1) is 16.0 Å². The lowest BCUT2D eigenvalue weighted by molar-refractivity contribution is -0.385. The first-order valence-corrected chi connectivity index (χ1v) is 8.32. The molecule has 0 saturated heterocycles. The monoisotopic (exact) mass is 369 g/mol. The van der Waals surface area contributed by atoms with Crippen LogP contribution in [0.4, 0.5) is 18.9 Å². The number of imidazole rings is 1. The third kappa shape index (κ3) is 4.14. The van der Waals surface area contributed by atoms with Gasteiger partial charge in [-0.2, -0.15) is 13.2 Å². The fraction of sp³-hybridized carbons (Fsp3) is 0.471. The number of aromatic nitrogens is 2. The molecule has 1 aromatic carbocycles. The van der Waals surface area contributed by atoms with Crippen LogP contribution in [0.5, 0.6) is 5.75 Å². The SMILES string of the molecule is O=[N+]([O-])c1ccc(O[C@H]2CCCC[C@@H]2Cn2ccnc2)c(C(F)(F)F)c1. The summed E-state index contributed by atoms with van der Waals surface area (Å²) in [6, 6.07) is 2.62. The Morgan fingerprint density at radius 1 is 1.31 bits per heavy atom. The molecule has 1 aromatic heterocycles. The van der Waals surface area contributed by atoms with E-state index in [0.29, 0.717) is 19.0 Å². The highest BCUT2D eigenvalue weighted by Gasteiger charge is 2.37. The van der Waals surface area contributed by atoms with E-state index in [2.05, 4.69) is 4.98 Å². The van der Waals surface area contributed by atoms with E-state index in [1.54, 1.807) is 18.7 Å². The van der Waals surface area contributed by atoms with Crippen molar-refractivity contribution < 1.29 is 22.8 Å². The summed E-state index contributed by atoms with van der Waals surface area (Å²) in [4.78, 5) is 13.9. The maximum Gasteiger partial charge on any atom is 0.420 e. The minimum Gasteiger partial charge on any atom is -0.489 e. The summed E-state index contributed by atoms with van der Waals surface area (Å²) in [5.41, 5.74) is -1.72. The molecule has 140 valence electrons. The fourth-order valence-electron chi connectivity index (χ4n) is 3.32. The lowest BCUT2D eigenvalue weighted by atomic mass is 9.86. The number of hydrogen-bond donors (Lipinski definition) is 0. The van der Waals surface area contributed by atoms with Crippen LogP contribution in [0.3, 0.4) is 0 Å². The van der Waals surface area contributed by atoms with Crippen molar-refractivity contribution in [2.45, 2.75) is 44.5 Å². The Bertz CT molecular complexity index is 762.